The molecule has 0 amide bonds. The number of ether oxygens (including phenoxy) is 2. The van der Waals surface area contributed by atoms with Crippen LogP contribution in [0, 0.1) is 0 Å². The van der Waals surface area contributed by atoms with Gasteiger partial charge in [-0.1, -0.05) is 5.16 Å². The molecule has 1 aromatic rings. The van der Waals surface area contributed by atoms with E-state index >= 15 is 0 Å². The predicted octanol–water partition coefficient (Wildman–Crippen LogP) is 0.405. The molecule has 3 rings (SSSR count). The molecule has 2 atom stereocenters. The molecule has 2 fully saturated rings. The Morgan fingerprint density at radius 2 is 2.39 bits per heavy atom. The Hall–Kier alpha value is -0.630. The van der Waals surface area contributed by atoms with Gasteiger partial charge in [0.25, 0.3) is 0 Å². The first kappa shape index (κ1) is 12.4. The molecule has 0 radical (unpaired) electrons. The van der Waals surface area contributed by atoms with Crippen LogP contribution in [-0.4, -0.2) is 54.1 Å². The van der Waals surface area contributed by atoms with Crippen LogP contribution in [0.25, 0.3) is 0 Å². The summed E-state index contributed by atoms with van der Waals surface area (Å²) < 4.78 is 16.1. The van der Waals surface area contributed by atoms with Gasteiger partial charge >= 0.3 is 0 Å². The van der Waals surface area contributed by atoms with Crippen molar-refractivity contribution < 1.29 is 14.0 Å². The highest BCUT2D eigenvalue weighted by Gasteiger charge is 2.23. The monoisotopic (exact) mass is 271 g/mol. The molecule has 7 heteroatoms. The number of rotatable bonds is 3. The van der Waals surface area contributed by atoms with Crippen LogP contribution in [0.2, 0.25) is 0 Å². The van der Waals surface area contributed by atoms with E-state index in [9.17, 15) is 0 Å². The predicted molar refractivity (Wildman–Crippen MR) is 66.6 cm³/mol. The molecule has 0 spiro atoms. The minimum atomic E-state index is -0.176. The standard InChI is InChI=1S/C11H17N3O3S/c1-4-18-7-8(12-1)5-10-13-11(14-17-10)9-6-15-2-3-16-9/h8-9,12H,1-7H2. The van der Waals surface area contributed by atoms with Gasteiger partial charge in [0.05, 0.1) is 19.8 Å². The fourth-order valence-electron chi connectivity index (χ4n) is 2.08. The third kappa shape index (κ3) is 3.03. The molecule has 18 heavy (non-hydrogen) atoms. The maximum Gasteiger partial charge on any atom is 0.228 e. The molecule has 0 saturated carbocycles. The summed E-state index contributed by atoms with van der Waals surface area (Å²) in [6, 6.07) is 0.431. The molecule has 1 aromatic heterocycles. The van der Waals surface area contributed by atoms with Crippen LogP contribution in [0.4, 0.5) is 0 Å². The van der Waals surface area contributed by atoms with Crippen molar-refractivity contribution in [2.75, 3.05) is 37.9 Å². The maximum absolute atomic E-state index is 5.54. The highest BCUT2D eigenvalue weighted by atomic mass is 32.2. The molecule has 100 valence electrons. The summed E-state index contributed by atoms with van der Waals surface area (Å²) in [6.45, 7) is 2.80. The van der Waals surface area contributed by atoms with Crippen LogP contribution in [0.3, 0.4) is 0 Å². The van der Waals surface area contributed by atoms with Gasteiger partial charge in [-0.25, -0.2) is 0 Å². The van der Waals surface area contributed by atoms with E-state index in [2.05, 4.69) is 15.5 Å². The van der Waals surface area contributed by atoms with E-state index in [-0.39, 0.29) is 6.10 Å². The van der Waals surface area contributed by atoms with Gasteiger partial charge in [0.1, 0.15) is 6.10 Å². The third-order valence-corrected chi connectivity index (χ3v) is 4.14. The number of hydrogen-bond acceptors (Lipinski definition) is 7. The molecule has 2 aliphatic rings. The molecule has 6 nitrogen and oxygen atoms in total. The highest BCUT2D eigenvalue weighted by molar-refractivity contribution is 7.99. The van der Waals surface area contributed by atoms with Crippen LogP contribution in [0.1, 0.15) is 17.8 Å². The van der Waals surface area contributed by atoms with Crippen molar-refractivity contribution in [3.63, 3.8) is 0 Å². The zero-order valence-electron chi connectivity index (χ0n) is 10.1. The van der Waals surface area contributed by atoms with Crippen LogP contribution < -0.4 is 5.32 Å². The van der Waals surface area contributed by atoms with Crippen LogP contribution in [-0.2, 0) is 15.9 Å². The summed E-state index contributed by atoms with van der Waals surface area (Å²) in [7, 11) is 0. The molecular formula is C11H17N3O3S. The van der Waals surface area contributed by atoms with Gasteiger partial charge in [-0.15, -0.1) is 0 Å². The first-order valence-corrected chi connectivity index (χ1v) is 7.40. The van der Waals surface area contributed by atoms with Crippen LogP contribution in [0.15, 0.2) is 4.52 Å². The Morgan fingerprint density at radius 1 is 1.39 bits per heavy atom. The average Bonchev–Trinajstić information content (AvgIpc) is 2.89. The lowest BCUT2D eigenvalue weighted by Crippen LogP contribution is -2.38. The summed E-state index contributed by atoms with van der Waals surface area (Å²) in [6.07, 6.45) is 0.609. The molecule has 0 aromatic carbocycles. The Bertz CT molecular complexity index is 375. The minimum Gasteiger partial charge on any atom is -0.376 e. The van der Waals surface area contributed by atoms with Crippen molar-refractivity contribution in [2.24, 2.45) is 0 Å². The SMILES string of the molecule is C1CSCC(Cc2nc(C3COCCO3)no2)N1. The van der Waals surface area contributed by atoms with Gasteiger partial charge in [0.2, 0.25) is 11.7 Å². The normalized spacial score (nSPS) is 29.3. The lowest BCUT2D eigenvalue weighted by atomic mass is 10.2. The number of hydrogen-bond donors (Lipinski definition) is 1. The minimum absolute atomic E-state index is 0.176. The van der Waals surface area contributed by atoms with Crippen molar-refractivity contribution in [1.82, 2.24) is 15.5 Å². The van der Waals surface area contributed by atoms with Crippen molar-refractivity contribution >= 4 is 11.8 Å². The summed E-state index contributed by atoms with van der Waals surface area (Å²) in [5.74, 6) is 3.56. The zero-order valence-corrected chi connectivity index (χ0v) is 10.9. The zero-order chi connectivity index (χ0) is 12.2. The van der Waals surface area contributed by atoms with Gasteiger partial charge in [-0.3, -0.25) is 0 Å². The van der Waals surface area contributed by atoms with Gasteiger partial charge in [0.15, 0.2) is 0 Å². The molecule has 2 unspecified atom stereocenters. The lowest BCUT2D eigenvalue weighted by Gasteiger charge is -2.21. The summed E-state index contributed by atoms with van der Waals surface area (Å²) in [4.78, 5) is 4.40. The Labute approximate surface area is 110 Å². The van der Waals surface area contributed by atoms with Crippen LogP contribution >= 0.6 is 11.8 Å². The third-order valence-electron chi connectivity index (χ3n) is 3.01. The molecular weight excluding hydrogens is 254 g/mol. The molecule has 1 N–H and O–H groups in total. The van der Waals surface area contributed by atoms with Gasteiger partial charge in [-0.05, 0) is 0 Å². The van der Waals surface area contributed by atoms with E-state index in [0.717, 1.165) is 18.7 Å². The molecule has 0 aliphatic carbocycles. The largest absolute Gasteiger partial charge is 0.376 e. The topological polar surface area (TPSA) is 69.4 Å². The Balaban J connectivity index is 1.58. The Morgan fingerprint density at radius 3 is 3.17 bits per heavy atom. The quantitative estimate of drug-likeness (QED) is 0.853. The van der Waals surface area contributed by atoms with Crippen molar-refractivity contribution in [3.05, 3.63) is 11.7 Å². The second kappa shape index (κ2) is 6.01. The van der Waals surface area contributed by atoms with Crippen LogP contribution in [0.5, 0.6) is 0 Å². The summed E-state index contributed by atoms with van der Waals surface area (Å²) in [5, 5.41) is 7.43. The fourth-order valence-corrected chi connectivity index (χ4v) is 3.03. The summed E-state index contributed by atoms with van der Waals surface area (Å²) >= 11 is 1.96. The van der Waals surface area contributed by atoms with E-state index in [1.165, 1.54) is 5.75 Å². The van der Waals surface area contributed by atoms with Gasteiger partial charge in [-0.2, -0.15) is 16.7 Å². The smallest absolute Gasteiger partial charge is 0.228 e. The lowest BCUT2D eigenvalue weighted by molar-refractivity contribution is -0.0941. The molecule has 2 aliphatic heterocycles. The van der Waals surface area contributed by atoms with E-state index in [0.29, 0.717) is 37.6 Å². The second-order valence-electron chi connectivity index (χ2n) is 4.41. The van der Waals surface area contributed by atoms with E-state index in [1.807, 2.05) is 11.8 Å². The number of aromatic nitrogens is 2. The number of nitrogens with zero attached hydrogens (tertiary/aromatic N) is 2. The number of nitrogens with one attached hydrogen (secondary N) is 1. The fraction of sp³-hybridized carbons (Fsp3) is 0.818. The van der Waals surface area contributed by atoms with Crippen molar-refractivity contribution in [3.8, 4) is 0 Å². The van der Waals surface area contributed by atoms with Gasteiger partial charge in [0, 0.05) is 30.5 Å². The van der Waals surface area contributed by atoms with Gasteiger partial charge < -0.3 is 19.3 Å². The number of thioether (sulfide) groups is 1. The van der Waals surface area contributed by atoms with E-state index in [4.69, 9.17) is 14.0 Å². The first-order valence-electron chi connectivity index (χ1n) is 6.25. The molecule has 0 bridgehead atoms. The van der Waals surface area contributed by atoms with E-state index in [1.54, 1.807) is 0 Å². The first-order chi connectivity index (χ1) is 8.92. The van der Waals surface area contributed by atoms with E-state index < -0.39 is 0 Å². The second-order valence-corrected chi connectivity index (χ2v) is 5.56. The molecule has 3 heterocycles. The highest BCUT2D eigenvalue weighted by Crippen LogP contribution is 2.18. The van der Waals surface area contributed by atoms with Crippen molar-refractivity contribution in [2.45, 2.75) is 18.6 Å². The van der Waals surface area contributed by atoms with Crippen molar-refractivity contribution in [1.29, 1.82) is 0 Å². The summed E-state index contributed by atoms with van der Waals surface area (Å²) in [5.41, 5.74) is 0. The average molecular weight is 271 g/mol. The Kier molecular flexibility index (Phi) is 4.14. The maximum atomic E-state index is 5.54. The molecule has 2 saturated heterocycles.